The summed E-state index contributed by atoms with van der Waals surface area (Å²) in [5, 5.41) is 11.1. The van der Waals surface area contributed by atoms with E-state index in [2.05, 4.69) is 5.32 Å². The Labute approximate surface area is 165 Å². The number of carbonyl (C=O) groups excluding carboxylic acids is 4. The highest BCUT2D eigenvalue weighted by molar-refractivity contribution is 6.23. The molecule has 0 aromatic heterocycles. The van der Waals surface area contributed by atoms with Gasteiger partial charge in [-0.05, 0) is 48.2 Å². The number of hydrogen-bond acceptors (Lipinski definition) is 5. The lowest BCUT2D eigenvalue weighted by molar-refractivity contribution is -0.136. The maximum absolute atomic E-state index is 12.8. The zero-order valence-electron chi connectivity index (χ0n) is 15.2. The molecule has 1 unspecified atom stereocenters. The van der Waals surface area contributed by atoms with E-state index in [1.807, 2.05) is 0 Å². The second kappa shape index (κ2) is 6.97. The molecule has 4 rings (SSSR count). The fourth-order valence-electron chi connectivity index (χ4n) is 3.63. The number of aromatic carboxylic acids is 1. The van der Waals surface area contributed by atoms with Crippen molar-refractivity contribution in [2.24, 2.45) is 0 Å². The molecule has 2 N–H and O–H groups in total. The van der Waals surface area contributed by atoms with Gasteiger partial charge in [-0.2, -0.15) is 0 Å². The number of carbonyl (C=O) groups is 5. The molecule has 1 saturated heterocycles. The van der Waals surface area contributed by atoms with Gasteiger partial charge in [-0.25, -0.2) is 4.79 Å². The largest absolute Gasteiger partial charge is 0.478 e. The normalized spacial score (nSPS) is 18.6. The molecule has 2 aliphatic heterocycles. The summed E-state index contributed by atoms with van der Waals surface area (Å²) in [6.07, 6.45) is 0.632. The van der Waals surface area contributed by atoms with Gasteiger partial charge in [0.05, 0.1) is 16.7 Å². The minimum atomic E-state index is -1.01. The standard InChI is InChI=1S/C21H16N2O6/c24-17-8-7-16(18(25)22-17)23-19(26)14-6-3-12(10-15(14)20(23)27)9-11-1-4-13(5-2-11)21(28)29/h1-6,10,16H,7-9H2,(H,28,29)(H,22,24,25). The molecule has 0 aliphatic carbocycles. The van der Waals surface area contributed by atoms with Crippen LogP contribution in [0, 0.1) is 0 Å². The third kappa shape index (κ3) is 3.29. The van der Waals surface area contributed by atoms with E-state index in [-0.39, 0.29) is 29.5 Å². The zero-order chi connectivity index (χ0) is 20.7. The Morgan fingerprint density at radius 1 is 0.966 bits per heavy atom. The first kappa shape index (κ1) is 18.5. The molecule has 2 aliphatic rings. The van der Waals surface area contributed by atoms with Crippen molar-refractivity contribution in [3.05, 3.63) is 70.3 Å². The quantitative estimate of drug-likeness (QED) is 0.759. The fourth-order valence-corrected chi connectivity index (χ4v) is 3.63. The molecule has 8 heteroatoms. The number of amides is 4. The van der Waals surface area contributed by atoms with Crippen LogP contribution in [0.1, 0.15) is 55.0 Å². The van der Waals surface area contributed by atoms with Gasteiger partial charge in [0.1, 0.15) is 6.04 Å². The summed E-state index contributed by atoms with van der Waals surface area (Å²) >= 11 is 0. The van der Waals surface area contributed by atoms with Gasteiger partial charge >= 0.3 is 5.97 Å². The minimum Gasteiger partial charge on any atom is -0.478 e. The molecular weight excluding hydrogens is 376 g/mol. The number of rotatable bonds is 4. The second-order valence-electron chi connectivity index (χ2n) is 7.01. The Balaban J connectivity index is 1.57. The lowest BCUT2D eigenvalue weighted by atomic mass is 9.99. The molecular formula is C21H16N2O6. The summed E-state index contributed by atoms with van der Waals surface area (Å²) in [6, 6.07) is 10.3. The maximum atomic E-state index is 12.8. The van der Waals surface area contributed by atoms with Crippen molar-refractivity contribution in [3.63, 3.8) is 0 Å². The van der Waals surface area contributed by atoms with Crippen LogP contribution in [0.15, 0.2) is 42.5 Å². The fraction of sp³-hybridized carbons (Fsp3) is 0.190. The van der Waals surface area contributed by atoms with E-state index in [1.54, 1.807) is 30.3 Å². The summed E-state index contributed by atoms with van der Waals surface area (Å²) in [6.45, 7) is 0. The number of piperidine rings is 1. The van der Waals surface area contributed by atoms with Crippen molar-refractivity contribution in [1.82, 2.24) is 10.2 Å². The van der Waals surface area contributed by atoms with Crippen LogP contribution in [0.5, 0.6) is 0 Å². The van der Waals surface area contributed by atoms with Crippen molar-refractivity contribution in [3.8, 4) is 0 Å². The van der Waals surface area contributed by atoms with Gasteiger partial charge < -0.3 is 5.11 Å². The van der Waals surface area contributed by atoms with Crippen LogP contribution >= 0.6 is 0 Å². The Morgan fingerprint density at radius 2 is 1.62 bits per heavy atom. The lowest BCUT2D eigenvalue weighted by Crippen LogP contribution is -2.54. The first-order valence-corrected chi connectivity index (χ1v) is 9.02. The Bertz CT molecular complexity index is 1070. The van der Waals surface area contributed by atoms with Crippen LogP contribution < -0.4 is 5.32 Å². The molecule has 146 valence electrons. The van der Waals surface area contributed by atoms with Crippen molar-refractivity contribution in [2.75, 3.05) is 0 Å². The molecule has 0 spiro atoms. The van der Waals surface area contributed by atoms with E-state index in [0.717, 1.165) is 16.0 Å². The summed E-state index contributed by atoms with van der Waals surface area (Å²) in [4.78, 5) is 60.8. The molecule has 0 radical (unpaired) electrons. The number of imide groups is 2. The summed E-state index contributed by atoms with van der Waals surface area (Å²) < 4.78 is 0. The smallest absolute Gasteiger partial charge is 0.335 e. The molecule has 2 aromatic carbocycles. The molecule has 2 aromatic rings. The van der Waals surface area contributed by atoms with Gasteiger partial charge in [0.15, 0.2) is 0 Å². The molecule has 29 heavy (non-hydrogen) atoms. The average Bonchev–Trinajstić information content (AvgIpc) is 2.93. The highest BCUT2D eigenvalue weighted by Crippen LogP contribution is 2.29. The summed E-state index contributed by atoms with van der Waals surface area (Å²) in [5.41, 5.74) is 2.26. The molecule has 8 nitrogen and oxygen atoms in total. The maximum Gasteiger partial charge on any atom is 0.335 e. The molecule has 1 fully saturated rings. The average molecular weight is 392 g/mol. The Morgan fingerprint density at radius 3 is 2.28 bits per heavy atom. The van der Waals surface area contributed by atoms with E-state index >= 15 is 0 Å². The van der Waals surface area contributed by atoms with Gasteiger partial charge in [0.25, 0.3) is 11.8 Å². The van der Waals surface area contributed by atoms with Crippen molar-refractivity contribution < 1.29 is 29.1 Å². The van der Waals surface area contributed by atoms with Crippen LogP contribution in [0.4, 0.5) is 0 Å². The molecule has 0 bridgehead atoms. The van der Waals surface area contributed by atoms with Gasteiger partial charge in [-0.1, -0.05) is 18.2 Å². The Kier molecular flexibility index (Phi) is 4.46. The first-order valence-electron chi connectivity index (χ1n) is 9.02. The summed E-state index contributed by atoms with van der Waals surface area (Å²) in [5.74, 6) is -3.17. The van der Waals surface area contributed by atoms with Gasteiger partial charge in [0, 0.05) is 6.42 Å². The molecule has 1 atom stereocenters. The van der Waals surface area contributed by atoms with Crippen molar-refractivity contribution in [2.45, 2.75) is 25.3 Å². The van der Waals surface area contributed by atoms with E-state index in [1.165, 1.54) is 12.1 Å². The molecule has 0 saturated carbocycles. The van der Waals surface area contributed by atoms with Crippen molar-refractivity contribution in [1.29, 1.82) is 0 Å². The number of carboxylic acids is 1. The van der Waals surface area contributed by atoms with Gasteiger partial charge in [-0.15, -0.1) is 0 Å². The first-order chi connectivity index (χ1) is 13.8. The predicted molar refractivity (Wildman–Crippen MR) is 99.3 cm³/mol. The lowest BCUT2D eigenvalue weighted by Gasteiger charge is -2.27. The number of hydrogen-bond donors (Lipinski definition) is 2. The zero-order valence-corrected chi connectivity index (χ0v) is 15.2. The van der Waals surface area contributed by atoms with Crippen LogP contribution in [0.2, 0.25) is 0 Å². The minimum absolute atomic E-state index is 0.0708. The molecule has 4 amide bonds. The van der Waals surface area contributed by atoms with Crippen LogP contribution in [0.3, 0.4) is 0 Å². The van der Waals surface area contributed by atoms with Crippen molar-refractivity contribution >= 4 is 29.6 Å². The van der Waals surface area contributed by atoms with E-state index in [4.69, 9.17) is 5.11 Å². The highest BCUT2D eigenvalue weighted by atomic mass is 16.4. The van der Waals surface area contributed by atoms with E-state index in [9.17, 15) is 24.0 Å². The predicted octanol–water partition coefficient (Wildman–Crippen LogP) is 1.38. The number of carboxylic acid groups (broad SMARTS) is 1. The van der Waals surface area contributed by atoms with E-state index in [0.29, 0.717) is 6.42 Å². The van der Waals surface area contributed by atoms with Gasteiger partial charge in [0.2, 0.25) is 11.8 Å². The van der Waals surface area contributed by atoms with E-state index < -0.39 is 35.6 Å². The third-order valence-corrected chi connectivity index (χ3v) is 5.11. The Hall–Kier alpha value is -3.81. The van der Waals surface area contributed by atoms with Gasteiger partial charge in [-0.3, -0.25) is 29.4 Å². The number of fused-ring (bicyclic) bond motifs is 1. The third-order valence-electron chi connectivity index (χ3n) is 5.11. The van der Waals surface area contributed by atoms with Crippen LogP contribution in [0.25, 0.3) is 0 Å². The molecule has 2 heterocycles. The topological polar surface area (TPSA) is 121 Å². The monoisotopic (exact) mass is 392 g/mol. The van der Waals surface area contributed by atoms with Crippen LogP contribution in [-0.4, -0.2) is 45.6 Å². The number of benzene rings is 2. The summed E-state index contributed by atoms with van der Waals surface area (Å²) in [7, 11) is 0. The number of nitrogens with one attached hydrogen (secondary N) is 1. The number of nitrogens with zero attached hydrogens (tertiary/aromatic N) is 1. The highest BCUT2D eigenvalue weighted by Gasteiger charge is 2.44. The van der Waals surface area contributed by atoms with Crippen LogP contribution in [-0.2, 0) is 16.0 Å². The SMILES string of the molecule is O=C1CCC(N2C(=O)c3ccc(Cc4ccc(C(=O)O)cc4)cc3C2=O)C(=O)N1. The second-order valence-corrected chi connectivity index (χ2v) is 7.01.